The van der Waals surface area contributed by atoms with E-state index in [-0.39, 0.29) is 5.91 Å². The Hall–Kier alpha value is -2.00. The number of rotatable bonds is 3. The highest BCUT2D eigenvalue weighted by atomic mass is 35.5. The zero-order chi connectivity index (χ0) is 13.8. The number of anilines is 1. The normalized spacial score (nSPS) is 10.1. The van der Waals surface area contributed by atoms with Gasteiger partial charge in [-0.05, 0) is 36.8 Å². The third-order valence-electron chi connectivity index (χ3n) is 2.76. The summed E-state index contributed by atoms with van der Waals surface area (Å²) in [5, 5.41) is 3.38. The van der Waals surface area contributed by atoms with Crippen LogP contribution in [0.3, 0.4) is 0 Å². The lowest BCUT2D eigenvalue weighted by Gasteiger charge is -2.08. The minimum atomic E-state index is -0.199. The van der Waals surface area contributed by atoms with E-state index in [2.05, 4.69) is 5.32 Å². The van der Waals surface area contributed by atoms with Gasteiger partial charge in [0.1, 0.15) is 5.75 Å². The second-order valence-corrected chi connectivity index (χ2v) is 4.56. The van der Waals surface area contributed by atoms with Crippen molar-refractivity contribution in [3.8, 4) is 5.75 Å². The van der Waals surface area contributed by atoms with Crippen molar-refractivity contribution in [2.75, 3.05) is 12.4 Å². The molecule has 0 bridgehead atoms. The quantitative estimate of drug-likeness (QED) is 0.922. The molecule has 0 fully saturated rings. The fraction of sp³-hybridized carbons (Fsp3) is 0.133. The van der Waals surface area contributed by atoms with Gasteiger partial charge in [0.15, 0.2) is 0 Å². The smallest absolute Gasteiger partial charge is 0.255 e. The van der Waals surface area contributed by atoms with Crippen molar-refractivity contribution in [3.63, 3.8) is 0 Å². The van der Waals surface area contributed by atoms with E-state index in [0.717, 1.165) is 5.56 Å². The first kappa shape index (κ1) is 13.4. The molecule has 0 aliphatic heterocycles. The zero-order valence-electron chi connectivity index (χ0n) is 10.7. The van der Waals surface area contributed by atoms with Crippen molar-refractivity contribution in [2.45, 2.75) is 6.92 Å². The highest BCUT2D eigenvalue weighted by molar-refractivity contribution is 6.31. The number of halogens is 1. The summed E-state index contributed by atoms with van der Waals surface area (Å²) in [6.07, 6.45) is 0. The fourth-order valence-electron chi connectivity index (χ4n) is 1.64. The van der Waals surface area contributed by atoms with Crippen LogP contribution in [-0.4, -0.2) is 13.0 Å². The fourth-order valence-corrected chi connectivity index (χ4v) is 1.82. The molecule has 2 aromatic rings. The van der Waals surface area contributed by atoms with Crippen molar-refractivity contribution in [2.24, 2.45) is 0 Å². The summed E-state index contributed by atoms with van der Waals surface area (Å²) in [6, 6.07) is 12.4. The predicted molar refractivity (Wildman–Crippen MR) is 77.1 cm³/mol. The summed E-state index contributed by atoms with van der Waals surface area (Å²) in [4.78, 5) is 12.1. The largest absolute Gasteiger partial charge is 0.497 e. The van der Waals surface area contributed by atoms with Gasteiger partial charge in [-0.1, -0.05) is 23.7 Å². The van der Waals surface area contributed by atoms with Crippen LogP contribution in [0.4, 0.5) is 5.69 Å². The van der Waals surface area contributed by atoms with Gasteiger partial charge in [0.2, 0.25) is 0 Å². The number of aryl methyl sites for hydroxylation is 1. The maximum absolute atomic E-state index is 12.1. The van der Waals surface area contributed by atoms with E-state index >= 15 is 0 Å². The molecule has 0 saturated carbocycles. The molecular weight excluding hydrogens is 262 g/mol. The summed E-state index contributed by atoms with van der Waals surface area (Å²) in [7, 11) is 1.58. The number of carbonyl (C=O) groups excluding carboxylic acids is 1. The Bertz CT molecular complexity index is 611. The Morgan fingerprint density at radius 3 is 2.68 bits per heavy atom. The molecule has 0 radical (unpaired) electrons. The highest BCUT2D eigenvalue weighted by Crippen LogP contribution is 2.20. The Morgan fingerprint density at radius 1 is 1.21 bits per heavy atom. The average molecular weight is 276 g/mol. The summed E-state index contributed by atoms with van der Waals surface area (Å²) in [5.74, 6) is 0.495. The number of methoxy groups -OCH3 is 1. The molecule has 0 heterocycles. The molecule has 0 saturated heterocycles. The molecule has 0 aliphatic carbocycles. The summed E-state index contributed by atoms with van der Waals surface area (Å²) < 4.78 is 5.10. The minimum absolute atomic E-state index is 0.199. The maximum Gasteiger partial charge on any atom is 0.255 e. The van der Waals surface area contributed by atoms with Gasteiger partial charge in [-0.15, -0.1) is 0 Å². The number of hydrogen-bond donors (Lipinski definition) is 1. The van der Waals surface area contributed by atoms with Gasteiger partial charge in [0.25, 0.3) is 5.91 Å². The van der Waals surface area contributed by atoms with Gasteiger partial charge in [-0.2, -0.15) is 0 Å². The number of nitrogens with one attached hydrogen (secondary N) is 1. The molecule has 2 aromatic carbocycles. The molecule has 0 aromatic heterocycles. The molecule has 98 valence electrons. The van der Waals surface area contributed by atoms with Crippen LogP contribution >= 0.6 is 11.6 Å². The predicted octanol–water partition coefficient (Wildman–Crippen LogP) is 3.91. The molecule has 1 amide bonds. The van der Waals surface area contributed by atoms with Crippen LogP contribution < -0.4 is 10.1 Å². The molecule has 4 heteroatoms. The van der Waals surface area contributed by atoms with E-state index in [0.29, 0.717) is 22.0 Å². The maximum atomic E-state index is 12.1. The first-order chi connectivity index (χ1) is 9.10. The van der Waals surface area contributed by atoms with E-state index < -0.39 is 0 Å². The highest BCUT2D eigenvalue weighted by Gasteiger charge is 2.08. The topological polar surface area (TPSA) is 38.3 Å². The molecule has 0 unspecified atom stereocenters. The lowest BCUT2D eigenvalue weighted by Crippen LogP contribution is -2.11. The molecule has 0 spiro atoms. The average Bonchev–Trinajstić information content (AvgIpc) is 2.42. The van der Waals surface area contributed by atoms with E-state index in [9.17, 15) is 4.79 Å². The number of amides is 1. The summed E-state index contributed by atoms with van der Waals surface area (Å²) in [6.45, 7) is 1.89. The monoisotopic (exact) mass is 275 g/mol. The molecule has 2 rings (SSSR count). The van der Waals surface area contributed by atoms with Crippen LogP contribution in [-0.2, 0) is 0 Å². The first-order valence-corrected chi connectivity index (χ1v) is 6.19. The molecule has 0 atom stereocenters. The van der Waals surface area contributed by atoms with Gasteiger partial charge < -0.3 is 10.1 Å². The number of benzene rings is 2. The van der Waals surface area contributed by atoms with E-state index in [1.165, 1.54) is 0 Å². The number of hydrogen-bond acceptors (Lipinski definition) is 2. The second-order valence-electron chi connectivity index (χ2n) is 4.15. The molecule has 0 aliphatic rings. The van der Waals surface area contributed by atoms with Gasteiger partial charge in [0.05, 0.1) is 7.11 Å². The minimum Gasteiger partial charge on any atom is -0.497 e. The summed E-state index contributed by atoms with van der Waals surface area (Å²) >= 11 is 6.01. The lowest BCUT2D eigenvalue weighted by atomic mass is 10.1. The molecule has 1 N–H and O–H groups in total. The van der Waals surface area contributed by atoms with Crippen LogP contribution in [0.2, 0.25) is 5.02 Å². The van der Waals surface area contributed by atoms with Crippen molar-refractivity contribution >= 4 is 23.2 Å². The number of carbonyl (C=O) groups is 1. The third kappa shape index (κ3) is 3.26. The third-order valence-corrected chi connectivity index (χ3v) is 3.17. The van der Waals surface area contributed by atoms with Crippen molar-refractivity contribution in [1.29, 1.82) is 0 Å². The Labute approximate surface area is 117 Å². The van der Waals surface area contributed by atoms with Crippen molar-refractivity contribution in [3.05, 3.63) is 58.6 Å². The summed E-state index contributed by atoms with van der Waals surface area (Å²) in [5.41, 5.74) is 2.15. The molecular formula is C15H14ClNO2. The molecule has 19 heavy (non-hydrogen) atoms. The van der Waals surface area contributed by atoms with Crippen LogP contribution in [0.1, 0.15) is 15.9 Å². The SMILES string of the molecule is COc1cccc(NC(=O)c2ccc(C)c(Cl)c2)c1. The Balaban J connectivity index is 2.18. The van der Waals surface area contributed by atoms with Crippen LogP contribution in [0.5, 0.6) is 5.75 Å². The lowest BCUT2D eigenvalue weighted by molar-refractivity contribution is 0.102. The van der Waals surface area contributed by atoms with E-state index in [4.69, 9.17) is 16.3 Å². The van der Waals surface area contributed by atoms with Gasteiger partial charge in [-0.25, -0.2) is 0 Å². The Morgan fingerprint density at radius 2 is 2.00 bits per heavy atom. The second kappa shape index (κ2) is 5.76. The van der Waals surface area contributed by atoms with Crippen molar-refractivity contribution < 1.29 is 9.53 Å². The standard InChI is InChI=1S/C15H14ClNO2/c1-10-6-7-11(8-14(10)16)15(18)17-12-4-3-5-13(9-12)19-2/h3-9H,1-2H3,(H,17,18). The van der Waals surface area contributed by atoms with E-state index in [1.807, 2.05) is 25.1 Å². The van der Waals surface area contributed by atoms with Crippen molar-refractivity contribution in [1.82, 2.24) is 0 Å². The zero-order valence-corrected chi connectivity index (χ0v) is 11.5. The van der Waals surface area contributed by atoms with Gasteiger partial charge in [0, 0.05) is 22.3 Å². The van der Waals surface area contributed by atoms with Crippen LogP contribution in [0, 0.1) is 6.92 Å². The first-order valence-electron chi connectivity index (χ1n) is 5.81. The van der Waals surface area contributed by atoms with Crippen LogP contribution in [0.15, 0.2) is 42.5 Å². The van der Waals surface area contributed by atoms with Gasteiger partial charge >= 0.3 is 0 Å². The Kier molecular flexibility index (Phi) is 4.07. The van der Waals surface area contributed by atoms with E-state index in [1.54, 1.807) is 31.4 Å². The molecule has 3 nitrogen and oxygen atoms in total. The van der Waals surface area contributed by atoms with Crippen LogP contribution in [0.25, 0.3) is 0 Å². The number of ether oxygens (including phenoxy) is 1. The van der Waals surface area contributed by atoms with Gasteiger partial charge in [-0.3, -0.25) is 4.79 Å².